The van der Waals surface area contributed by atoms with E-state index in [2.05, 4.69) is 10.4 Å². The van der Waals surface area contributed by atoms with E-state index < -0.39 is 0 Å². The Morgan fingerprint density at radius 1 is 1.53 bits per heavy atom. The molecule has 2 rings (SSSR count). The topological polar surface area (TPSA) is 59.4 Å². The molecule has 1 aliphatic rings. The first-order valence-electron chi connectivity index (χ1n) is 6.72. The van der Waals surface area contributed by atoms with Gasteiger partial charge in [-0.15, -0.1) is 0 Å². The number of amides is 1. The van der Waals surface area contributed by atoms with Crippen LogP contribution in [0.25, 0.3) is 0 Å². The Hall–Kier alpha value is -1.56. The van der Waals surface area contributed by atoms with Gasteiger partial charge in [0.2, 0.25) is 5.91 Å². The van der Waals surface area contributed by atoms with Gasteiger partial charge >= 0.3 is 0 Å². The van der Waals surface area contributed by atoms with Crippen LogP contribution in [0.15, 0.2) is 12.4 Å². The normalized spacial score (nSPS) is 16.6. The molecule has 106 valence electrons. The quantitative estimate of drug-likeness (QED) is 0.862. The van der Waals surface area contributed by atoms with Crippen LogP contribution < -0.4 is 5.32 Å². The van der Waals surface area contributed by atoms with E-state index in [-0.39, 0.29) is 5.91 Å². The van der Waals surface area contributed by atoms with E-state index in [1.807, 2.05) is 22.0 Å². The summed E-state index contributed by atoms with van der Waals surface area (Å²) < 4.78 is 6.89. The summed E-state index contributed by atoms with van der Waals surface area (Å²) >= 11 is 0. The number of ether oxygens (including phenoxy) is 1. The second-order valence-corrected chi connectivity index (χ2v) is 4.91. The molecule has 0 saturated carbocycles. The Labute approximate surface area is 113 Å². The van der Waals surface area contributed by atoms with Crippen LogP contribution in [0.2, 0.25) is 0 Å². The number of hydrogen-bond donors (Lipinski definition) is 1. The molecule has 1 aromatic heterocycles. The van der Waals surface area contributed by atoms with Gasteiger partial charge in [0.15, 0.2) is 0 Å². The Kier molecular flexibility index (Phi) is 4.79. The molecule has 0 aromatic carbocycles. The van der Waals surface area contributed by atoms with Gasteiger partial charge in [0, 0.05) is 39.4 Å². The minimum atomic E-state index is 0.172. The molecule has 0 radical (unpaired) electrons. The molecular formula is C13H22N4O2. The van der Waals surface area contributed by atoms with E-state index in [1.54, 1.807) is 14.0 Å². The lowest BCUT2D eigenvalue weighted by molar-refractivity contribution is -0.129. The fraction of sp³-hybridized carbons (Fsp3) is 0.692. The van der Waals surface area contributed by atoms with Crippen molar-refractivity contribution in [2.75, 3.05) is 32.1 Å². The maximum Gasteiger partial charge on any atom is 0.219 e. The molecule has 0 spiro atoms. The largest absolute Gasteiger partial charge is 0.383 e. The molecule has 0 atom stereocenters. The van der Waals surface area contributed by atoms with Crippen molar-refractivity contribution in [3.8, 4) is 0 Å². The first-order chi connectivity index (χ1) is 9.19. The number of aromatic nitrogens is 2. The average Bonchev–Trinajstić information content (AvgIpc) is 2.84. The third-order valence-corrected chi connectivity index (χ3v) is 3.47. The van der Waals surface area contributed by atoms with Gasteiger partial charge in [0.05, 0.1) is 25.0 Å². The summed E-state index contributed by atoms with van der Waals surface area (Å²) in [5, 5.41) is 7.75. The van der Waals surface area contributed by atoms with E-state index >= 15 is 0 Å². The summed E-state index contributed by atoms with van der Waals surface area (Å²) in [6.45, 7) is 4.74. The maximum absolute atomic E-state index is 11.2. The van der Waals surface area contributed by atoms with Crippen LogP contribution >= 0.6 is 0 Å². The van der Waals surface area contributed by atoms with Crippen LogP contribution in [-0.2, 0) is 16.1 Å². The molecule has 1 fully saturated rings. The van der Waals surface area contributed by atoms with Gasteiger partial charge in [0.25, 0.3) is 0 Å². The van der Waals surface area contributed by atoms with Crippen LogP contribution in [0.5, 0.6) is 0 Å². The lowest BCUT2D eigenvalue weighted by atomic mass is 10.1. The molecule has 1 N–H and O–H groups in total. The van der Waals surface area contributed by atoms with Crippen molar-refractivity contribution in [1.82, 2.24) is 14.7 Å². The van der Waals surface area contributed by atoms with Crippen LogP contribution in [0, 0.1) is 0 Å². The lowest BCUT2D eigenvalue weighted by Gasteiger charge is -2.31. The lowest BCUT2D eigenvalue weighted by Crippen LogP contribution is -2.41. The fourth-order valence-electron chi connectivity index (χ4n) is 2.32. The molecule has 1 saturated heterocycles. The van der Waals surface area contributed by atoms with E-state index in [0.29, 0.717) is 12.6 Å². The van der Waals surface area contributed by atoms with E-state index in [4.69, 9.17) is 4.74 Å². The molecule has 6 heteroatoms. The number of carbonyl (C=O) groups is 1. The minimum Gasteiger partial charge on any atom is -0.383 e. The summed E-state index contributed by atoms with van der Waals surface area (Å²) in [5.41, 5.74) is 1.04. The number of hydrogen-bond acceptors (Lipinski definition) is 4. The van der Waals surface area contributed by atoms with Gasteiger partial charge in [-0.3, -0.25) is 9.48 Å². The molecule has 2 heterocycles. The molecule has 0 unspecified atom stereocenters. The SMILES string of the molecule is COCCn1cc(NC2CCN(C(C)=O)CC2)cn1. The highest BCUT2D eigenvalue weighted by Crippen LogP contribution is 2.16. The zero-order valence-electron chi connectivity index (χ0n) is 11.6. The van der Waals surface area contributed by atoms with Crippen molar-refractivity contribution in [1.29, 1.82) is 0 Å². The third kappa shape index (κ3) is 3.96. The van der Waals surface area contributed by atoms with E-state index in [0.717, 1.165) is 38.2 Å². The Balaban J connectivity index is 1.79. The van der Waals surface area contributed by atoms with Crippen molar-refractivity contribution in [3.05, 3.63) is 12.4 Å². The molecule has 6 nitrogen and oxygen atoms in total. The fourth-order valence-corrected chi connectivity index (χ4v) is 2.32. The van der Waals surface area contributed by atoms with Crippen LogP contribution in [0.3, 0.4) is 0 Å². The zero-order chi connectivity index (χ0) is 13.7. The van der Waals surface area contributed by atoms with Gasteiger partial charge in [-0.2, -0.15) is 5.10 Å². The van der Waals surface area contributed by atoms with Crippen LogP contribution in [-0.4, -0.2) is 53.4 Å². The van der Waals surface area contributed by atoms with E-state index in [9.17, 15) is 4.79 Å². The first-order valence-corrected chi connectivity index (χ1v) is 6.72. The maximum atomic E-state index is 11.2. The van der Waals surface area contributed by atoms with Gasteiger partial charge in [-0.25, -0.2) is 0 Å². The smallest absolute Gasteiger partial charge is 0.219 e. The molecular weight excluding hydrogens is 244 g/mol. The van der Waals surface area contributed by atoms with Gasteiger partial charge < -0.3 is 15.0 Å². The number of likely N-dealkylation sites (tertiary alicyclic amines) is 1. The number of methoxy groups -OCH3 is 1. The predicted molar refractivity (Wildman–Crippen MR) is 73.0 cm³/mol. The number of piperidine rings is 1. The second kappa shape index (κ2) is 6.56. The standard InChI is InChI=1S/C13H22N4O2/c1-11(18)16-5-3-12(4-6-16)15-13-9-14-17(10-13)7-8-19-2/h9-10,12,15H,3-8H2,1-2H3. The second-order valence-electron chi connectivity index (χ2n) is 4.91. The summed E-state index contributed by atoms with van der Waals surface area (Å²) in [4.78, 5) is 13.2. The van der Waals surface area contributed by atoms with Crippen molar-refractivity contribution in [2.45, 2.75) is 32.4 Å². The van der Waals surface area contributed by atoms with Crippen LogP contribution in [0.1, 0.15) is 19.8 Å². The monoisotopic (exact) mass is 266 g/mol. The summed E-state index contributed by atoms with van der Waals surface area (Å²) in [6.07, 6.45) is 5.81. The highest BCUT2D eigenvalue weighted by atomic mass is 16.5. The molecule has 0 bridgehead atoms. The Bertz CT molecular complexity index is 411. The first kappa shape index (κ1) is 13.9. The average molecular weight is 266 g/mol. The van der Waals surface area contributed by atoms with Crippen molar-refractivity contribution >= 4 is 11.6 Å². The Morgan fingerprint density at radius 2 is 2.26 bits per heavy atom. The number of nitrogens with zero attached hydrogens (tertiary/aromatic N) is 3. The highest BCUT2D eigenvalue weighted by molar-refractivity contribution is 5.73. The predicted octanol–water partition coefficient (Wildman–Crippen LogP) is 0.952. The number of carbonyl (C=O) groups excluding carboxylic acids is 1. The highest BCUT2D eigenvalue weighted by Gasteiger charge is 2.20. The number of rotatable bonds is 5. The summed E-state index contributed by atoms with van der Waals surface area (Å²) in [7, 11) is 1.69. The molecule has 1 amide bonds. The van der Waals surface area contributed by atoms with Crippen molar-refractivity contribution in [2.24, 2.45) is 0 Å². The molecule has 1 aliphatic heterocycles. The van der Waals surface area contributed by atoms with Gasteiger partial charge in [-0.1, -0.05) is 0 Å². The van der Waals surface area contributed by atoms with Crippen molar-refractivity contribution < 1.29 is 9.53 Å². The van der Waals surface area contributed by atoms with E-state index in [1.165, 1.54) is 0 Å². The van der Waals surface area contributed by atoms with Crippen molar-refractivity contribution in [3.63, 3.8) is 0 Å². The summed E-state index contributed by atoms with van der Waals surface area (Å²) in [6, 6.07) is 0.427. The Morgan fingerprint density at radius 3 is 2.89 bits per heavy atom. The zero-order valence-corrected chi connectivity index (χ0v) is 11.6. The van der Waals surface area contributed by atoms with Gasteiger partial charge in [-0.05, 0) is 12.8 Å². The third-order valence-electron chi connectivity index (χ3n) is 3.47. The molecule has 1 aromatic rings. The molecule has 0 aliphatic carbocycles. The number of nitrogens with one attached hydrogen (secondary N) is 1. The summed E-state index contributed by atoms with van der Waals surface area (Å²) in [5.74, 6) is 0.172. The van der Waals surface area contributed by atoms with Gasteiger partial charge in [0.1, 0.15) is 0 Å². The van der Waals surface area contributed by atoms with Crippen LogP contribution in [0.4, 0.5) is 5.69 Å². The minimum absolute atomic E-state index is 0.172. The number of anilines is 1. The molecule has 19 heavy (non-hydrogen) atoms.